The molecule has 3 aliphatic carbocycles. The molecule has 0 saturated carbocycles. The third-order valence-corrected chi connectivity index (χ3v) is 30.1. The van der Waals surface area contributed by atoms with Crippen molar-refractivity contribution in [3.63, 3.8) is 0 Å². The first kappa shape index (κ1) is 90.1. The minimum Gasteiger partial charge on any atom is -0.255 e. The van der Waals surface area contributed by atoms with Crippen molar-refractivity contribution in [1.82, 2.24) is 54.8 Å². The number of aromatic nitrogens is 11. The molecule has 3 aliphatic rings. The summed E-state index contributed by atoms with van der Waals surface area (Å²) in [7, 11) is 0. The molecule has 149 heavy (non-hydrogen) atoms. The molecular formula is C138H97N11. The van der Waals surface area contributed by atoms with Crippen molar-refractivity contribution in [3.05, 3.63) is 513 Å². The molecule has 9 aromatic heterocycles. The van der Waals surface area contributed by atoms with Gasteiger partial charge in [-0.25, -0.2) is 44.9 Å². The molecule has 16 aromatic carbocycles. The van der Waals surface area contributed by atoms with Gasteiger partial charge in [-0.2, -0.15) is 0 Å². The zero-order valence-corrected chi connectivity index (χ0v) is 83.0. The Hall–Kier alpha value is -19.0. The van der Waals surface area contributed by atoms with Gasteiger partial charge in [0, 0.05) is 106 Å². The van der Waals surface area contributed by atoms with Crippen LogP contribution < -0.4 is 0 Å². The van der Waals surface area contributed by atoms with Gasteiger partial charge in [-0.3, -0.25) is 9.97 Å². The third kappa shape index (κ3) is 16.2. The molecule has 0 bridgehead atoms. The van der Waals surface area contributed by atoms with Gasteiger partial charge in [0.15, 0.2) is 11.6 Å². The first-order chi connectivity index (χ1) is 73.1. The normalized spacial score (nSPS) is 12.9. The Morgan fingerprint density at radius 2 is 0.483 bits per heavy atom. The molecule has 9 heterocycles. The number of hydrogen-bond donors (Lipinski definition) is 0. The van der Waals surface area contributed by atoms with Crippen LogP contribution in [0.2, 0.25) is 0 Å². The van der Waals surface area contributed by atoms with Crippen molar-refractivity contribution in [1.29, 1.82) is 0 Å². The maximum absolute atomic E-state index is 5.25. The van der Waals surface area contributed by atoms with Gasteiger partial charge < -0.3 is 0 Å². The minimum atomic E-state index is -0.206. The maximum Gasteiger partial charge on any atom is 0.160 e. The second-order valence-electron chi connectivity index (χ2n) is 40.2. The molecule has 0 spiro atoms. The molecule has 11 nitrogen and oxygen atoms in total. The van der Waals surface area contributed by atoms with E-state index in [0.29, 0.717) is 11.6 Å². The Kier molecular flexibility index (Phi) is 22.4. The number of benzene rings is 16. The summed E-state index contributed by atoms with van der Waals surface area (Å²) in [6.07, 6.45) is 3.60. The molecule has 0 unspecified atom stereocenters. The first-order valence-corrected chi connectivity index (χ1v) is 50.8. The molecule has 0 radical (unpaired) electrons. The summed E-state index contributed by atoms with van der Waals surface area (Å²) in [5.74, 6) is 1.42. The molecule has 0 fully saturated rings. The largest absolute Gasteiger partial charge is 0.255 e. The lowest BCUT2D eigenvalue weighted by atomic mass is 9.78. The average molecular weight is 1910 g/mol. The zero-order valence-electron chi connectivity index (χ0n) is 83.0. The standard InChI is InChI=1S/C52H35N5.C46H33N3.C40H29N3/c1-52(2)41-16-5-3-14-38(41)50-48(52)47(39-15-4-6-17-42(39)55-50)33-22-20-32(21-23-33)34-12-11-13-35(30-34)40-31-36-24-26-45(43-18-7-9-28-53-43)56-49(36)51-37(40)25-27-46(57-51)44-19-8-10-29-54-44;1-46(2)38-22-11-9-20-36(38)44-43(46)42(37-21-10-12-23-39(37)47-44)35-19-13-18-34(28-35)41-29-40(48-45(49-41)33-16-7-4-8-17-33)32-26-24-31(25-27-32)30-14-5-3-6-15-30;1-40(2)32-22-11-9-20-30(32)38-37(40)36(31-21-10-12-23-33(31)41-38)29-19-13-18-28(24-29)35-25-34(26-14-5-3-6-15-26)42-39(43-35)27-16-7-4-8-17-27/h3-31H,1-2H3;3-29H,1-2H3;3-25H,1-2H3. The Morgan fingerprint density at radius 3 is 0.926 bits per heavy atom. The van der Waals surface area contributed by atoms with Crippen molar-refractivity contribution >= 4 is 54.5 Å². The van der Waals surface area contributed by atoms with Crippen molar-refractivity contribution in [2.24, 2.45) is 0 Å². The Balaban J connectivity index is 0.000000114. The van der Waals surface area contributed by atoms with Crippen LogP contribution in [-0.4, -0.2) is 54.8 Å². The molecule has 25 aromatic rings. The first-order valence-electron chi connectivity index (χ1n) is 50.8. The number of pyridine rings is 7. The highest BCUT2D eigenvalue weighted by Crippen LogP contribution is 2.58. The number of fused-ring (bicyclic) bond motifs is 15. The predicted molar refractivity (Wildman–Crippen MR) is 611 cm³/mol. The van der Waals surface area contributed by atoms with E-state index in [1.807, 2.05) is 91.0 Å². The van der Waals surface area contributed by atoms with E-state index in [2.05, 4.69) is 428 Å². The lowest BCUT2D eigenvalue weighted by molar-refractivity contribution is 0.661. The van der Waals surface area contributed by atoms with Crippen molar-refractivity contribution in [2.75, 3.05) is 0 Å². The topological polar surface area (TPSA) is 142 Å². The molecule has 11 heteroatoms. The van der Waals surface area contributed by atoms with E-state index in [4.69, 9.17) is 44.9 Å². The summed E-state index contributed by atoms with van der Waals surface area (Å²) in [5, 5.41) is 5.54. The van der Waals surface area contributed by atoms with Gasteiger partial charge in [0.2, 0.25) is 0 Å². The quantitative estimate of drug-likeness (QED) is 0.0960. The predicted octanol–water partition coefficient (Wildman–Crippen LogP) is 34.4. The molecule has 0 saturated heterocycles. The van der Waals surface area contributed by atoms with Crippen LogP contribution in [0.4, 0.5) is 0 Å². The smallest absolute Gasteiger partial charge is 0.160 e. The second kappa shape index (κ2) is 37.0. The number of hydrogen-bond acceptors (Lipinski definition) is 11. The zero-order chi connectivity index (χ0) is 100. The molecular weight excluding hydrogens is 1810 g/mol. The summed E-state index contributed by atoms with van der Waals surface area (Å²) >= 11 is 0. The van der Waals surface area contributed by atoms with Crippen LogP contribution in [0.25, 0.3) is 246 Å². The maximum atomic E-state index is 5.25. The highest BCUT2D eigenvalue weighted by atomic mass is 14.9. The minimum absolute atomic E-state index is 0.184. The Morgan fingerprint density at radius 1 is 0.168 bits per heavy atom. The Bertz CT molecular complexity index is 9520. The van der Waals surface area contributed by atoms with Crippen LogP contribution in [0.3, 0.4) is 0 Å². The number of rotatable bonds is 14. The van der Waals surface area contributed by atoms with Gasteiger partial charge in [-0.05, 0) is 197 Å². The SMILES string of the molecule is CC1(C)c2ccccc2-c2nc3ccccc3c(-c3ccc(-c4cccc(-c5cc6ccc(-c7ccccn7)nc6c6nc(-c7ccccn7)ccc56)c4)cc3)c21.CC1(C)c2ccccc2-c2nc3ccccc3c(-c3cccc(-c4cc(-c5ccc(-c6ccccc6)cc5)nc(-c5ccccc5)n4)c3)c21.CC1(C)c2ccccc2-c2nc3ccccc3c(-c3cccc(-c4cc(-c5ccccc5)nc(-c5ccccc5)n4)c3)c21. The lowest BCUT2D eigenvalue weighted by Crippen LogP contribution is -2.16. The van der Waals surface area contributed by atoms with E-state index in [0.717, 1.165) is 179 Å². The Labute approximate surface area is 865 Å². The van der Waals surface area contributed by atoms with Crippen LogP contribution in [0, 0.1) is 0 Å². The van der Waals surface area contributed by atoms with Crippen molar-refractivity contribution < 1.29 is 0 Å². The van der Waals surface area contributed by atoms with Crippen molar-refractivity contribution in [3.8, 4) is 191 Å². The van der Waals surface area contributed by atoms with Crippen LogP contribution in [0.1, 0.15) is 74.9 Å². The highest BCUT2D eigenvalue weighted by Gasteiger charge is 2.43. The van der Waals surface area contributed by atoms with Crippen LogP contribution in [-0.2, 0) is 16.2 Å². The third-order valence-electron chi connectivity index (χ3n) is 30.1. The fraction of sp³-hybridized carbons (Fsp3) is 0.0652. The highest BCUT2D eigenvalue weighted by molar-refractivity contribution is 6.12. The van der Waals surface area contributed by atoms with Gasteiger partial charge in [-0.1, -0.05) is 412 Å². The average Bonchev–Trinajstić information content (AvgIpc) is 1.55. The van der Waals surface area contributed by atoms with E-state index in [1.165, 1.54) is 88.8 Å². The summed E-state index contributed by atoms with van der Waals surface area (Å²) in [4.78, 5) is 55.7. The van der Waals surface area contributed by atoms with E-state index in [-0.39, 0.29) is 16.2 Å². The summed E-state index contributed by atoms with van der Waals surface area (Å²) < 4.78 is 0. The van der Waals surface area contributed by atoms with E-state index in [9.17, 15) is 0 Å². The van der Waals surface area contributed by atoms with Crippen LogP contribution in [0.15, 0.2) is 480 Å². The molecule has 0 amide bonds. The van der Waals surface area contributed by atoms with Crippen LogP contribution in [0.5, 0.6) is 0 Å². The monoisotopic (exact) mass is 1910 g/mol. The van der Waals surface area contributed by atoms with Crippen LogP contribution >= 0.6 is 0 Å². The molecule has 0 N–H and O–H groups in total. The fourth-order valence-electron chi connectivity index (χ4n) is 22.8. The van der Waals surface area contributed by atoms with Gasteiger partial charge in [-0.15, -0.1) is 0 Å². The summed E-state index contributed by atoms with van der Waals surface area (Å²) in [6.45, 7) is 14.0. The second-order valence-corrected chi connectivity index (χ2v) is 40.2. The summed E-state index contributed by atoms with van der Waals surface area (Å²) in [6, 6.07) is 164. The van der Waals surface area contributed by atoms with Gasteiger partial charge in [0.25, 0.3) is 0 Å². The fourth-order valence-corrected chi connectivity index (χ4v) is 22.8. The molecule has 0 aliphatic heterocycles. The van der Waals surface area contributed by atoms with Gasteiger partial charge in [0.1, 0.15) is 0 Å². The lowest BCUT2D eigenvalue weighted by Gasteiger charge is -2.25. The molecule has 28 rings (SSSR count). The summed E-state index contributed by atoms with van der Waals surface area (Å²) in [5.41, 5.74) is 46.0. The van der Waals surface area contributed by atoms with E-state index < -0.39 is 0 Å². The van der Waals surface area contributed by atoms with E-state index >= 15 is 0 Å². The number of nitrogens with zero attached hydrogens (tertiary/aromatic N) is 11. The van der Waals surface area contributed by atoms with Gasteiger partial charge >= 0.3 is 0 Å². The number of para-hydroxylation sites is 3. The molecule has 0 atom stereocenters. The van der Waals surface area contributed by atoms with E-state index in [1.54, 1.807) is 12.4 Å². The van der Waals surface area contributed by atoms with Gasteiger partial charge in [0.05, 0.1) is 90.2 Å². The van der Waals surface area contributed by atoms with Crippen molar-refractivity contribution in [2.45, 2.75) is 57.8 Å². The molecule has 704 valence electrons.